The molecule has 2 N–H and O–H groups in total. The number of piperidine rings is 1. The summed E-state index contributed by atoms with van der Waals surface area (Å²) in [6.45, 7) is 6.73. The van der Waals surface area contributed by atoms with Crippen LogP contribution in [0.15, 0.2) is 18.2 Å². The summed E-state index contributed by atoms with van der Waals surface area (Å²) in [5, 5.41) is 6.42. The van der Waals surface area contributed by atoms with Crippen LogP contribution in [0.2, 0.25) is 0 Å². The van der Waals surface area contributed by atoms with E-state index in [0.29, 0.717) is 6.61 Å². The predicted molar refractivity (Wildman–Crippen MR) is 100 cm³/mol. The molecule has 1 amide bonds. The fourth-order valence-electron chi connectivity index (χ4n) is 3.11. The second-order valence-corrected chi connectivity index (χ2v) is 6.72. The van der Waals surface area contributed by atoms with Gasteiger partial charge in [0, 0.05) is 5.92 Å². The van der Waals surface area contributed by atoms with Gasteiger partial charge in [0.25, 0.3) is 0 Å². The second-order valence-electron chi connectivity index (χ2n) is 6.72. The predicted octanol–water partition coefficient (Wildman–Crippen LogP) is 3.44. The molecule has 0 saturated carbocycles. The van der Waals surface area contributed by atoms with Crippen molar-refractivity contribution in [2.75, 3.05) is 26.8 Å². The molecule has 2 rings (SSSR count). The summed E-state index contributed by atoms with van der Waals surface area (Å²) >= 11 is 0. The lowest BCUT2D eigenvalue weighted by atomic mass is 9.96. The van der Waals surface area contributed by atoms with Crippen molar-refractivity contribution in [2.45, 2.75) is 52.0 Å². The SMILES string of the molecule is CCCCCOc1ccc(C(C)NC(=O)C2CCNCC2)cc1OC. The largest absolute Gasteiger partial charge is 0.493 e. The van der Waals surface area contributed by atoms with Gasteiger partial charge < -0.3 is 20.1 Å². The Morgan fingerprint density at radius 1 is 1.28 bits per heavy atom. The Hall–Kier alpha value is -1.75. The van der Waals surface area contributed by atoms with Crippen LogP contribution in [0.3, 0.4) is 0 Å². The van der Waals surface area contributed by atoms with E-state index >= 15 is 0 Å². The molecule has 1 aliphatic rings. The fraction of sp³-hybridized carbons (Fsp3) is 0.650. The van der Waals surface area contributed by atoms with E-state index in [1.54, 1.807) is 7.11 Å². The number of hydrogen-bond acceptors (Lipinski definition) is 4. The molecule has 25 heavy (non-hydrogen) atoms. The Bertz CT molecular complexity index is 542. The minimum Gasteiger partial charge on any atom is -0.493 e. The molecule has 1 fully saturated rings. The van der Waals surface area contributed by atoms with Crippen LogP contribution in [0.5, 0.6) is 11.5 Å². The van der Waals surface area contributed by atoms with Gasteiger partial charge in [-0.1, -0.05) is 25.8 Å². The summed E-state index contributed by atoms with van der Waals surface area (Å²) in [6.07, 6.45) is 5.21. The number of carbonyl (C=O) groups excluding carboxylic acids is 1. The number of rotatable bonds is 9. The lowest BCUT2D eigenvalue weighted by Gasteiger charge is -2.24. The lowest BCUT2D eigenvalue weighted by Crippen LogP contribution is -2.39. The molecule has 0 radical (unpaired) electrons. The normalized spacial score (nSPS) is 16.3. The molecular weight excluding hydrogens is 316 g/mol. The molecule has 0 bridgehead atoms. The summed E-state index contributed by atoms with van der Waals surface area (Å²) < 4.78 is 11.3. The molecular formula is C20H32N2O3. The summed E-state index contributed by atoms with van der Waals surface area (Å²) in [6, 6.07) is 5.85. The number of ether oxygens (including phenoxy) is 2. The number of carbonyl (C=O) groups is 1. The van der Waals surface area contributed by atoms with E-state index < -0.39 is 0 Å². The van der Waals surface area contributed by atoms with E-state index in [0.717, 1.165) is 49.4 Å². The standard InChI is InChI=1S/C20H32N2O3/c1-4-5-6-13-25-18-8-7-17(14-19(18)24-3)15(2)22-20(23)16-9-11-21-12-10-16/h7-8,14-16,21H,4-6,9-13H2,1-3H3,(H,22,23). The first-order valence-corrected chi connectivity index (χ1v) is 9.47. The smallest absolute Gasteiger partial charge is 0.223 e. The Kier molecular flexibility index (Phi) is 8.06. The number of nitrogens with one attached hydrogen (secondary N) is 2. The van der Waals surface area contributed by atoms with Crippen LogP contribution in [0.1, 0.15) is 57.6 Å². The summed E-state index contributed by atoms with van der Waals surface area (Å²) in [4.78, 5) is 12.4. The number of benzene rings is 1. The van der Waals surface area contributed by atoms with Gasteiger partial charge in [0.2, 0.25) is 5.91 Å². The van der Waals surface area contributed by atoms with Gasteiger partial charge in [0.1, 0.15) is 0 Å². The summed E-state index contributed by atoms with van der Waals surface area (Å²) in [5.41, 5.74) is 1.03. The zero-order valence-electron chi connectivity index (χ0n) is 15.8. The molecule has 140 valence electrons. The van der Waals surface area contributed by atoms with Gasteiger partial charge in [-0.3, -0.25) is 4.79 Å². The minimum absolute atomic E-state index is 0.0505. The molecule has 0 aromatic heterocycles. The van der Waals surface area contributed by atoms with E-state index in [4.69, 9.17) is 9.47 Å². The number of hydrogen-bond donors (Lipinski definition) is 2. The maximum atomic E-state index is 12.4. The highest BCUT2D eigenvalue weighted by Gasteiger charge is 2.22. The highest BCUT2D eigenvalue weighted by molar-refractivity contribution is 5.79. The van der Waals surface area contributed by atoms with Crippen molar-refractivity contribution in [1.29, 1.82) is 0 Å². The van der Waals surface area contributed by atoms with Crippen LogP contribution in [-0.4, -0.2) is 32.7 Å². The van der Waals surface area contributed by atoms with E-state index in [1.165, 1.54) is 12.8 Å². The molecule has 1 aliphatic heterocycles. The van der Waals surface area contributed by atoms with Crippen LogP contribution in [0.25, 0.3) is 0 Å². The van der Waals surface area contributed by atoms with Crippen molar-refractivity contribution in [3.8, 4) is 11.5 Å². The zero-order valence-corrected chi connectivity index (χ0v) is 15.8. The average molecular weight is 348 g/mol. The van der Waals surface area contributed by atoms with Gasteiger partial charge in [-0.25, -0.2) is 0 Å². The molecule has 1 atom stereocenters. The van der Waals surface area contributed by atoms with E-state index in [1.807, 2.05) is 25.1 Å². The quantitative estimate of drug-likeness (QED) is 0.671. The van der Waals surface area contributed by atoms with Gasteiger partial charge in [0.15, 0.2) is 11.5 Å². The van der Waals surface area contributed by atoms with Crippen LogP contribution < -0.4 is 20.1 Å². The van der Waals surface area contributed by atoms with Crippen molar-refractivity contribution in [1.82, 2.24) is 10.6 Å². The van der Waals surface area contributed by atoms with Crippen molar-refractivity contribution in [3.05, 3.63) is 23.8 Å². The molecule has 1 aromatic carbocycles. The number of amides is 1. The Labute approximate surface area is 151 Å². The van der Waals surface area contributed by atoms with Gasteiger partial charge >= 0.3 is 0 Å². The average Bonchev–Trinajstić information content (AvgIpc) is 2.65. The first-order chi connectivity index (χ1) is 12.2. The highest BCUT2D eigenvalue weighted by atomic mass is 16.5. The Morgan fingerprint density at radius 3 is 2.72 bits per heavy atom. The summed E-state index contributed by atoms with van der Waals surface area (Å²) in [5.74, 6) is 1.75. The monoisotopic (exact) mass is 348 g/mol. The molecule has 1 unspecified atom stereocenters. The summed E-state index contributed by atoms with van der Waals surface area (Å²) in [7, 11) is 1.65. The van der Waals surface area contributed by atoms with Gasteiger partial charge in [-0.15, -0.1) is 0 Å². The fourth-order valence-corrected chi connectivity index (χ4v) is 3.11. The van der Waals surface area contributed by atoms with Gasteiger partial charge in [0.05, 0.1) is 19.8 Å². The Balaban J connectivity index is 1.94. The van der Waals surface area contributed by atoms with Crippen molar-refractivity contribution in [2.24, 2.45) is 5.92 Å². The highest BCUT2D eigenvalue weighted by Crippen LogP contribution is 2.30. The first-order valence-electron chi connectivity index (χ1n) is 9.47. The molecule has 5 heteroatoms. The topological polar surface area (TPSA) is 59.6 Å². The van der Waals surface area contributed by atoms with Crippen molar-refractivity contribution >= 4 is 5.91 Å². The number of methoxy groups -OCH3 is 1. The molecule has 1 aromatic rings. The third kappa shape index (κ3) is 5.92. The molecule has 0 aliphatic carbocycles. The molecule has 1 saturated heterocycles. The van der Waals surface area contributed by atoms with Gasteiger partial charge in [-0.05, 0) is 57.0 Å². The van der Waals surface area contributed by atoms with E-state index in [9.17, 15) is 4.79 Å². The van der Waals surface area contributed by atoms with E-state index in [2.05, 4.69) is 17.6 Å². The van der Waals surface area contributed by atoms with Crippen LogP contribution in [0, 0.1) is 5.92 Å². The first kappa shape index (κ1) is 19.6. The van der Waals surface area contributed by atoms with Crippen LogP contribution in [0.4, 0.5) is 0 Å². The van der Waals surface area contributed by atoms with Crippen LogP contribution in [-0.2, 0) is 4.79 Å². The second kappa shape index (κ2) is 10.3. The third-order valence-corrected chi connectivity index (χ3v) is 4.76. The van der Waals surface area contributed by atoms with E-state index in [-0.39, 0.29) is 17.9 Å². The van der Waals surface area contributed by atoms with Crippen LogP contribution >= 0.6 is 0 Å². The maximum Gasteiger partial charge on any atom is 0.223 e. The van der Waals surface area contributed by atoms with Crippen molar-refractivity contribution in [3.63, 3.8) is 0 Å². The molecule has 5 nitrogen and oxygen atoms in total. The third-order valence-electron chi connectivity index (χ3n) is 4.76. The lowest BCUT2D eigenvalue weighted by molar-refractivity contribution is -0.126. The number of unbranched alkanes of at least 4 members (excludes halogenated alkanes) is 2. The maximum absolute atomic E-state index is 12.4. The minimum atomic E-state index is -0.0505. The van der Waals surface area contributed by atoms with Crippen molar-refractivity contribution < 1.29 is 14.3 Å². The van der Waals surface area contributed by atoms with Gasteiger partial charge in [-0.2, -0.15) is 0 Å². The Morgan fingerprint density at radius 2 is 2.04 bits per heavy atom. The molecule has 1 heterocycles. The molecule has 0 spiro atoms. The zero-order chi connectivity index (χ0) is 18.1.